The van der Waals surface area contributed by atoms with Crippen molar-refractivity contribution in [1.29, 1.82) is 0 Å². The van der Waals surface area contributed by atoms with Gasteiger partial charge in [0, 0.05) is 12.3 Å². The minimum atomic E-state index is -1.65. The van der Waals surface area contributed by atoms with E-state index in [4.69, 9.17) is 4.43 Å². The van der Waals surface area contributed by atoms with E-state index in [9.17, 15) is 4.79 Å². The highest BCUT2D eigenvalue weighted by atomic mass is 28.4. The summed E-state index contributed by atoms with van der Waals surface area (Å²) in [5.41, 5.74) is 1.15. The standard InChI is InChI=1S/C15H22O2Si/c1-18(2,3)17-15(12-8-5-4-6-9-12)13-10-7-11-14(13)16/h4-6,8-9,13,15H,7,10-11H2,1-3H3/t13-,15-/m0/s1. The van der Waals surface area contributed by atoms with E-state index in [2.05, 4.69) is 31.8 Å². The molecule has 1 saturated carbocycles. The van der Waals surface area contributed by atoms with Crippen LogP contribution in [0.15, 0.2) is 30.3 Å². The van der Waals surface area contributed by atoms with Crippen LogP contribution >= 0.6 is 0 Å². The van der Waals surface area contributed by atoms with Crippen molar-refractivity contribution in [3.63, 3.8) is 0 Å². The fraction of sp³-hybridized carbons (Fsp3) is 0.533. The Balaban J connectivity index is 2.26. The first-order chi connectivity index (χ1) is 8.47. The molecule has 0 radical (unpaired) electrons. The Morgan fingerprint density at radius 3 is 2.39 bits per heavy atom. The Bertz CT molecular complexity index is 408. The zero-order chi connectivity index (χ0) is 13.2. The van der Waals surface area contributed by atoms with Crippen molar-refractivity contribution in [3.8, 4) is 0 Å². The van der Waals surface area contributed by atoms with Gasteiger partial charge < -0.3 is 4.43 Å². The van der Waals surface area contributed by atoms with Crippen molar-refractivity contribution >= 4 is 14.1 Å². The molecule has 0 heterocycles. The van der Waals surface area contributed by atoms with Gasteiger partial charge in [0.1, 0.15) is 5.78 Å². The largest absolute Gasteiger partial charge is 0.410 e. The molecule has 0 aliphatic heterocycles. The van der Waals surface area contributed by atoms with Crippen LogP contribution in [-0.4, -0.2) is 14.1 Å². The van der Waals surface area contributed by atoms with Gasteiger partial charge in [0.15, 0.2) is 8.32 Å². The van der Waals surface area contributed by atoms with Crippen LogP contribution in [0.1, 0.15) is 30.9 Å². The van der Waals surface area contributed by atoms with E-state index in [1.165, 1.54) is 0 Å². The molecule has 1 aromatic rings. The Hall–Kier alpha value is -0.933. The summed E-state index contributed by atoms with van der Waals surface area (Å²) in [7, 11) is -1.65. The van der Waals surface area contributed by atoms with E-state index >= 15 is 0 Å². The van der Waals surface area contributed by atoms with Crippen molar-refractivity contribution in [2.45, 2.75) is 45.0 Å². The van der Waals surface area contributed by atoms with Gasteiger partial charge in [-0.05, 0) is 38.0 Å². The van der Waals surface area contributed by atoms with Crippen LogP contribution < -0.4 is 0 Å². The van der Waals surface area contributed by atoms with E-state index in [0.29, 0.717) is 5.78 Å². The fourth-order valence-electron chi connectivity index (χ4n) is 2.57. The third-order valence-electron chi connectivity index (χ3n) is 3.33. The number of carbonyl (C=O) groups excluding carboxylic acids is 1. The molecule has 0 unspecified atom stereocenters. The Labute approximate surface area is 110 Å². The predicted molar refractivity (Wildman–Crippen MR) is 76.0 cm³/mol. The van der Waals surface area contributed by atoms with Crippen LogP contribution in [0.3, 0.4) is 0 Å². The molecule has 0 spiro atoms. The smallest absolute Gasteiger partial charge is 0.184 e. The van der Waals surface area contributed by atoms with E-state index in [1.807, 2.05) is 18.2 Å². The summed E-state index contributed by atoms with van der Waals surface area (Å²) >= 11 is 0. The molecule has 0 bridgehead atoms. The van der Waals surface area contributed by atoms with Crippen molar-refractivity contribution in [2.24, 2.45) is 5.92 Å². The molecule has 2 rings (SSSR count). The molecule has 2 nitrogen and oxygen atoms in total. The molecule has 0 saturated heterocycles. The molecular weight excluding hydrogens is 240 g/mol. The molecular formula is C15H22O2Si. The van der Waals surface area contributed by atoms with Crippen molar-refractivity contribution in [1.82, 2.24) is 0 Å². The first-order valence-electron chi connectivity index (χ1n) is 6.73. The quantitative estimate of drug-likeness (QED) is 0.768. The summed E-state index contributed by atoms with van der Waals surface area (Å²) in [6, 6.07) is 10.2. The van der Waals surface area contributed by atoms with Crippen LogP contribution in [0.4, 0.5) is 0 Å². The van der Waals surface area contributed by atoms with Crippen LogP contribution in [0.2, 0.25) is 19.6 Å². The Morgan fingerprint density at radius 2 is 1.89 bits per heavy atom. The predicted octanol–water partition coefficient (Wildman–Crippen LogP) is 3.95. The number of hydrogen-bond acceptors (Lipinski definition) is 2. The second kappa shape index (κ2) is 5.37. The molecule has 1 aliphatic rings. The first-order valence-corrected chi connectivity index (χ1v) is 10.1. The minimum absolute atomic E-state index is 0.0344. The highest BCUT2D eigenvalue weighted by Gasteiger charge is 2.36. The van der Waals surface area contributed by atoms with Gasteiger partial charge in [-0.25, -0.2) is 0 Å². The zero-order valence-electron chi connectivity index (χ0n) is 11.5. The van der Waals surface area contributed by atoms with E-state index in [1.54, 1.807) is 0 Å². The Morgan fingerprint density at radius 1 is 1.22 bits per heavy atom. The van der Waals surface area contributed by atoms with Crippen molar-refractivity contribution in [2.75, 3.05) is 0 Å². The van der Waals surface area contributed by atoms with Gasteiger partial charge in [0.25, 0.3) is 0 Å². The molecule has 2 atom stereocenters. The summed E-state index contributed by atoms with van der Waals surface area (Å²) in [4.78, 5) is 12.0. The van der Waals surface area contributed by atoms with Crippen molar-refractivity contribution in [3.05, 3.63) is 35.9 Å². The third-order valence-corrected chi connectivity index (χ3v) is 4.29. The number of benzene rings is 1. The second-order valence-electron chi connectivity index (χ2n) is 6.03. The van der Waals surface area contributed by atoms with Gasteiger partial charge in [0.2, 0.25) is 0 Å². The van der Waals surface area contributed by atoms with Gasteiger partial charge in [-0.1, -0.05) is 30.3 Å². The number of hydrogen-bond donors (Lipinski definition) is 0. The Kier molecular flexibility index (Phi) is 4.03. The third kappa shape index (κ3) is 3.30. The molecule has 18 heavy (non-hydrogen) atoms. The lowest BCUT2D eigenvalue weighted by Crippen LogP contribution is -2.32. The topological polar surface area (TPSA) is 26.3 Å². The van der Waals surface area contributed by atoms with Crippen LogP contribution in [0.5, 0.6) is 0 Å². The van der Waals surface area contributed by atoms with Gasteiger partial charge >= 0.3 is 0 Å². The monoisotopic (exact) mass is 262 g/mol. The SMILES string of the molecule is C[Si](C)(C)O[C@@H](c1ccccc1)[C@H]1CCCC1=O. The molecule has 1 aromatic carbocycles. The zero-order valence-corrected chi connectivity index (χ0v) is 12.5. The number of ketones is 1. The maximum Gasteiger partial charge on any atom is 0.184 e. The summed E-state index contributed by atoms with van der Waals surface area (Å²) < 4.78 is 6.30. The highest BCUT2D eigenvalue weighted by molar-refractivity contribution is 6.69. The van der Waals surface area contributed by atoms with Crippen LogP contribution in [0, 0.1) is 5.92 Å². The number of Topliss-reactive ketones (excluding diaryl/α,β-unsaturated/α-hetero) is 1. The summed E-state index contributed by atoms with van der Waals surface area (Å²) in [5.74, 6) is 0.446. The average molecular weight is 262 g/mol. The van der Waals surface area contributed by atoms with E-state index in [0.717, 1.165) is 24.8 Å². The van der Waals surface area contributed by atoms with Crippen molar-refractivity contribution < 1.29 is 9.22 Å². The summed E-state index contributed by atoms with van der Waals surface area (Å²) in [6.45, 7) is 6.55. The van der Waals surface area contributed by atoms with Gasteiger partial charge in [-0.2, -0.15) is 0 Å². The lowest BCUT2D eigenvalue weighted by molar-refractivity contribution is -0.123. The first kappa shape index (κ1) is 13.5. The molecule has 3 heteroatoms. The number of rotatable bonds is 4. The lowest BCUT2D eigenvalue weighted by atomic mass is 9.94. The second-order valence-corrected chi connectivity index (χ2v) is 10.5. The molecule has 98 valence electrons. The molecule has 0 amide bonds. The summed E-state index contributed by atoms with van der Waals surface area (Å²) in [5, 5.41) is 0. The molecule has 0 aromatic heterocycles. The van der Waals surface area contributed by atoms with E-state index in [-0.39, 0.29) is 12.0 Å². The molecule has 1 aliphatic carbocycles. The van der Waals surface area contributed by atoms with E-state index < -0.39 is 8.32 Å². The van der Waals surface area contributed by atoms with Gasteiger partial charge in [0.05, 0.1) is 6.10 Å². The van der Waals surface area contributed by atoms with Crippen LogP contribution in [-0.2, 0) is 9.22 Å². The maximum absolute atomic E-state index is 12.0. The average Bonchev–Trinajstić information content (AvgIpc) is 2.72. The van der Waals surface area contributed by atoms with Crippen LogP contribution in [0.25, 0.3) is 0 Å². The number of carbonyl (C=O) groups is 1. The maximum atomic E-state index is 12.0. The highest BCUT2D eigenvalue weighted by Crippen LogP contribution is 2.37. The fourth-order valence-corrected chi connectivity index (χ4v) is 3.63. The van der Waals surface area contributed by atoms with Gasteiger partial charge in [-0.15, -0.1) is 0 Å². The minimum Gasteiger partial charge on any atom is -0.410 e. The molecule has 1 fully saturated rings. The van der Waals surface area contributed by atoms with Gasteiger partial charge in [-0.3, -0.25) is 4.79 Å². The normalized spacial score (nSPS) is 22.2. The summed E-state index contributed by atoms with van der Waals surface area (Å²) in [6.07, 6.45) is 2.68. The lowest BCUT2D eigenvalue weighted by Gasteiger charge is -2.30. The molecule has 0 N–H and O–H groups in total.